The van der Waals surface area contributed by atoms with E-state index >= 15 is 0 Å². The third kappa shape index (κ3) is 1.95. The highest BCUT2D eigenvalue weighted by Gasteiger charge is 2.31. The number of aromatic nitrogens is 1. The maximum Gasteiger partial charge on any atom is 0.186 e. The number of hydrogen-bond donors (Lipinski definition) is 1. The number of anilines is 1. The lowest BCUT2D eigenvalue weighted by Crippen LogP contribution is -2.14. The minimum absolute atomic E-state index is 0.629. The van der Waals surface area contributed by atoms with E-state index in [0.717, 1.165) is 18.2 Å². The monoisotopic (exact) mass is 271 g/mol. The fourth-order valence-corrected chi connectivity index (χ4v) is 3.80. The molecule has 2 aliphatic rings. The van der Waals surface area contributed by atoms with E-state index in [1.54, 1.807) is 11.3 Å². The number of rotatable bonds is 3. The van der Waals surface area contributed by atoms with Gasteiger partial charge in [0, 0.05) is 30.4 Å². The van der Waals surface area contributed by atoms with Crippen LogP contribution >= 0.6 is 11.3 Å². The van der Waals surface area contributed by atoms with E-state index in [1.165, 1.54) is 34.5 Å². The number of thiazole rings is 1. The molecule has 1 aromatic heterocycles. The first-order valence-electron chi connectivity index (χ1n) is 6.86. The number of nitrogens with two attached hydrogens (primary N) is 1. The van der Waals surface area contributed by atoms with Crippen molar-refractivity contribution in [2.45, 2.75) is 38.4 Å². The van der Waals surface area contributed by atoms with Crippen molar-refractivity contribution < 1.29 is 0 Å². The molecule has 4 heteroatoms. The van der Waals surface area contributed by atoms with Gasteiger partial charge in [0.2, 0.25) is 0 Å². The lowest BCUT2D eigenvalue weighted by Gasteiger charge is -2.12. The zero-order valence-corrected chi connectivity index (χ0v) is 11.6. The summed E-state index contributed by atoms with van der Waals surface area (Å²) in [6.07, 6.45) is 2.58. The Morgan fingerprint density at radius 1 is 1.21 bits per heavy atom. The summed E-state index contributed by atoms with van der Waals surface area (Å²) in [4.78, 5) is 8.53. The Kier molecular flexibility index (Phi) is 2.60. The fraction of sp³-hybridized carbons (Fsp3) is 0.400. The molecule has 4 rings (SSSR count). The number of benzene rings is 1. The van der Waals surface area contributed by atoms with Gasteiger partial charge in [-0.1, -0.05) is 24.3 Å². The van der Waals surface area contributed by atoms with Crippen LogP contribution in [0.2, 0.25) is 0 Å². The van der Waals surface area contributed by atoms with Crippen LogP contribution in [0.4, 0.5) is 5.13 Å². The Bertz CT molecular complexity index is 591. The third-order valence-corrected chi connectivity index (χ3v) is 5.13. The lowest BCUT2D eigenvalue weighted by molar-refractivity contribution is 0.861. The van der Waals surface area contributed by atoms with Crippen molar-refractivity contribution in [2.75, 3.05) is 4.90 Å². The molecule has 2 aromatic rings. The summed E-state index contributed by atoms with van der Waals surface area (Å²) in [6, 6.07) is 8.67. The summed E-state index contributed by atoms with van der Waals surface area (Å²) in [7, 11) is 0. The second-order valence-corrected chi connectivity index (χ2v) is 6.47. The van der Waals surface area contributed by atoms with Gasteiger partial charge in [0.25, 0.3) is 0 Å². The van der Waals surface area contributed by atoms with Crippen molar-refractivity contribution in [3.63, 3.8) is 0 Å². The molecular formula is C15H17N3S. The Labute approximate surface area is 117 Å². The van der Waals surface area contributed by atoms with Crippen molar-refractivity contribution in [3.05, 3.63) is 46.0 Å². The predicted molar refractivity (Wildman–Crippen MR) is 78.3 cm³/mol. The van der Waals surface area contributed by atoms with E-state index in [0.29, 0.717) is 12.5 Å². The molecule has 1 aromatic carbocycles. The highest BCUT2D eigenvalue weighted by atomic mass is 32.1. The van der Waals surface area contributed by atoms with E-state index in [1.807, 2.05) is 0 Å². The minimum Gasteiger partial charge on any atom is -0.339 e. The van der Waals surface area contributed by atoms with Crippen molar-refractivity contribution in [2.24, 2.45) is 5.73 Å². The molecule has 19 heavy (non-hydrogen) atoms. The normalized spacial score (nSPS) is 17.8. The molecule has 0 radical (unpaired) electrons. The largest absolute Gasteiger partial charge is 0.339 e. The molecule has 2 N–H and O–H groups in total. The predicted octanol–water partition coefficient (Wildman–Crippen LogP) is 3.00. The molecular weight excluding hydrogens is 254 g/mol. The van der Waals surface area contributed by atoms with Crippen molar-refractivity contribution in [1.82, 2.24) is 4.98 Å². The maximum absolute atomic E-state index is 5.86. The maximum atomic E-state index is 5.86. The van der Waals surface area contributed by atoms with E-state index in [2.05, 4.69) is 29.2 Å². The Balaban J connectivity index is 1.64. The summed E-state index contributed by atoms with van der Waals surface area (Å²) in [5.41, 5.74) is 10.0. The van der Waals surface area contributed by atoms with E-state index in [9.17, 15) is 0 Å². The standard InChI is InChI=1S/C15H17N3S/c16-7-13-14(10-5-6-10)17-15(19-13)18-8-11-3-1-2-4-12(11)9-18/h1-4,10H,5-9,16H2. The first kappa shape index (κ1) is 11.4. The first-order valence-corrected chi connectivity index (χ1v) is 7.68. The van der Waals surface area contributed by atoms with E-state index < -0.39 is 0 Å². The van der Waals surface area contributed by atoms with Crippen molar-refractivity contribution >= 4 is 16.5 Å². The van der Waals surface area contributed by atoms with Crippen LogP contribution in [0.25, 0.3) is 0 Å². The van der Waals surface area contributed by atoms with Crippen molar-refractivity contribution in [1.29, 1.82) is 0 Å². The molecule has 2 heterocycles. The average Bonchev–Trinajstić information content (AvgIpc) is 3.05. The lowest BCUT2D eigenvalue weighted by atomic mass is 10.1. The summed E-state index contributed by atoms with van der Waals surface area (Å²) >= 11 is 1.79. The molecule has 98 valence electrons. The molecule has 1 fully saturated rings. The Morgan fingerprint density at radius 2 is 1.89 bits per heavy atom. The van der Waals surface area contributed by atoms with E-state index in [4.69, 9.17) is 10.7 Å². The molecule has 0 amide bonds. The fourth-order valence-electron chi connectivity index (χ4n) is 2.78. The molecule has 0 saturated heterocycles. The van der Waals surface area contributed by atoms with E-state index in [-0.39, 0.29) is 0 Å². The topological polar surface area (TPSA) is 42.1 Å². The van der Waals surface area contributed by atoms with Crippen LogP contribution in [-0.2, 0) is 19.6 Å². The number of fused-ring (bicyclic) bond motifs is 1. The van der Waals surface area contributed by atoms with Crippen LogP contribution in [0.15, 0.2) is 24.3 Å². The zero-order valence-electron chi connectivity index (χ0n) is 10.8. The second-order valence-electron chi connectivity index (χ2n) is 5.41. The molecule has 0 spiro atoms. The zero-order chi connectivity index (χ0) is 12.8. The van der Waals surface area contributed by atoms with Gasteiger partial charge in [-0.3, -0.25) is 0 Å². The van der Waals surface area contributed by atoms with Crippen LogP contribution in [0.5, 0.6) is 0 Å². The van der Waals surface area contributed by atoms with Gasteiger partial charge in [-0.05, 0) is 24.0 Å². The molecule has 0 atom stereocenters. The van der Waals surface area contributed by atoms with Gasteiger partial charge in [0.05, 0.1) is 5.69 Å². The molecule has 1 aliphatic heterocycles. The van der Waals surface area contributed by atoms with Gasteiger partial charge >= 0.3 is 0 Å². The third-order valence-electron chi connectivity index (χ3n) is 3.98. The quantitative estimate of drug-likeness (QED) is 0.933. The average molecular weight is 271 g/mol. The highest BCUT2D eigenvalue weighted by Crippen LogP contribution is 2.44. The molecule has 1 saturated carbocycles. The first-order chi connectivity index (χ1) is 9.35. The molecule has 0 unspecified atom stereocenters. The van der Waals surface area contributed by atoms with Crippen LogP contribution in [0.1, 0.15) is 40.5 Å². The summed E-state index contributed by atoms with van der Waals surface area (Å²) in [5, 5.41) is 1.15. The van der Waals surface area contributed by atoms with Crippen LogP contribution < -0.4 is 10.6 Å². The minimum atomic E-state index is 0.629. The van der Waals surface area contributed by atoms with Crippen LogP contribution in [0, 0.1) is 0 Å². The van der Waals surface area contributed by atoms with Crippen LogP contribution in [-0.4, -0.2) is 4.98 Å². The molecule has 1 aliphatic carbocycles. The Morgan fingerprint density at radius 3 is 2.47 bits per heavy atom. The van der Waals surface area contributed by atoms with Crippen molar-refractivity contribution in [3.8, 4) is 0 Å². The smallest absolute Gasteiger partial charge is 0.186 e. The van der Waals surface area contributed by atoms with Gasteiger partial charge in [-0.15, -0.1) is 11.3 Å². The highest BCUT2D eigenvalue weighted by molar-refractivity contribution is 7.15. The van der Waals surface area contributed by atoms with Gasteiger partial charge in [0.15, 0.2) is 5.13 Å². The number of hydrogen-bond acceptors (Lipinski definition) is 4. The summed E-state index contributed by atoms with van der Waals surface area (Å²) in [5.74, 6) is 0.688. The summed E-state index contributed by atoms with van der Waals surface area (Å²) in [6.45, 7) is 2.60. The second kappa shape index (κ2) is 4.32. The van der Waals surface area contributed by atoms with Gasteiger partial charge < -0.3 is 10.6 Å². The van der Waals surface area contributed by atoms with Gasteiger partial charge in [0.1, 0.15) is 0 Å². The molecule has 0 bridgehead atoms. The Hall–Kier alpha value is -1.39. The summed E-state index contributed by atoms with van der Waals surface area (Å²) < 4.78 is 0. The number of nitrogens with zero attached hydrogens (tertiary/aromatic N) is 2. The van der Waals surface area contributed by atoms with Gasteiger partial charge in [-0.25, -0.2) is 4.98 Å². The SMILES string of the molecule is NCc1sc(N2Cc3ccccc3C2)nc1C1CC1. The van der Waals surface area contributed by atoms with Gasteiger partial charge in [-0.2, -0.15) is 0 Å². The molecule has 3 nitrogen and oxygen atoms in total. The van der Waals surface area contributed by atoms with Crippen LogP contribution in [0.3, 0.4) is 0 Å².